The number of hydrogen-bond acceptors (Lipinski definition) is 8. The molecule has 12 nitrogen and oxygen atoms in total. The van der Waals surface area contributed by atoms with Crippen molar-refractivity contribution >= 4 is 29.9 Å². The fourth-order valence-electron chi connectivity index (χ4n) is 5.87. The highest BCUT2D eigenvalue weighted by molar-refractivity contribution is 6.00. The van der Waals surface area contributed by atoms with Crippen LogP contribution in [0, 0.1) is 11.8 Å². The Morgan fingerprint density at radius 1 is 0.739 bits per heavy atom. The lowest BCUT2D eigenvalue weighted by Gasteiger charge is -2.38. The SMILES string of the molecule is CC(C)[C@@H](C=O)NC(=O)C1(NC(=O)c2ccoc2)CCCCC1.CC(C)[C@@H](CO)NC(=O)C1(NC(=O)c2ccoc2)CCCCC1. The minimum absolute atomic E-state index is 0.00154. The molecule has 2 fully saturated rings. The van der Waals surface area contributed by atoms with Crippen molar-refractivity contribution in [3.8, 4) is 0 Å². The number of aliphatic hydroxyl groups is 1. The topological polar surface area (TPSA) is 180 Å². The number of carbonyl (C=O) groups is 5. The molecule has 0 saturated heterocycles. The van der Waals surface area contributed by atoms with Gasteiger partial charge in [-0.2, -0.15) is 0 Å². The van der Waals surface area contributed by atoms with Gasteiger partial charge in [-0.1, -0.05) is 66.2 Å². The predicted molar refractivity (Wildman–Crippen MR) is 171 cm³/mol. The summed E-state index contributed by atoms with van der Waals surface area (Å²) in [4.78, 5) is 61.5. The minimum atomic E-state index is -0.956. The molecule has 46 heavy (non-hydrogen) atoms. The van der Waals surface area contributed by atoms with Gasteiger partial charge in [0.2, 0.25) is 11.8 Å². The maximum atomic E-state index is 12.8. The van der Waals surface area contributed by atoms with Crippen LogP contribution in [0.3, 0.4) is 0 Å². The van der Waals surface area contributed by atoms with Crippen molar-refractivity contribution in [1.29, 1.82) is 0 Å². The van der Waals surface area contributed by atoms with Crippen LogP contribution in [-0.4, -0.2) is 64.8 Å². The van der Waals surface area contributed by atoms with E-state index in [1.807, 2.05) is 27.7 Å². The molecule has 5 N–H and O–H groups in total. The summed E-state index contributed by atoms with van der Waals surface area (Å²) in [5.74, 6) is -0.999. The third-order valence-electron chi connectivity index (χ3n) is 9.04. The highest BCUT2D eigenvalue weighted by Gasteiger charge is 2.43. The molecule has 0 unspecified atom stereocenters. The molecule has 254 valence electrons. The van der Waals surface area contributed by atoms with Crippen molar-refractivity contribution in [1.82, 2.24) is 21.3 Å². The van der Waals surface area contributed by atoms with E-state index in [9.17, 15) is 29.1 Å². The van der Waals surface area contributed by atoms with Gasteiger partial charge in [-0.3, -0.25) is 19.2 Å². The Morgan fingerprint density at radius 3 is 1.50 bits per heavy atom. The quantitative estimate of drug-likeness (QED) is 0.216. The summed E-state index contributed by atoms with van der Waals surface area (Å²) in [6.45, 7) is 7.51. The summed E-state index contributed by atoms with van der Waals surface area (Å²) >= 11 is 0. The van der Waals surface area contributed by atoms with Gasteiger partial charge in [0.15, 0.2) is 0 Å². The molecule has 4 amide bonds. The van der Waals surface area contributed by atoms with Gasteiger partial charge < -0.3 is 40.0 Å². The van der Waals surface area contributed by atoms with Crippen LogP contribution in [0.15, 0.2) is 46.0 Å². The van der Waals surface area contributed by atoms with E-state index in [-0.39, 0.29) is 48.1 Å². The molecular formula is C34H50N4O8. The summed E-state index contributed by atoms with van der Waals surface area (Å²) in [6, 6.07) is 2.28. The first-order valence-electron chi connectivity index (χ1n) is 16.3. The van der Waals surface area contributed by atoms with Crippen molar-refractivity contribution in [2.75, 3.05) is 6.61 Å². The predicted octanol–water partition coefficient (Wildman–Crippen LogP) is 3.90. The Labute approximate surface area is 270 Å². The summed E-state index contributed by atoms with van der Waals surface area (Å²) in [6.07, 6.45) is 14.3. The third kappa shape index (κ3) is 9.54. The van der Waals surface area contributed by atoms with E-state index < -0.39 is 17.1 Å². The first kappa shape index (κ1) is 36.5. The number of hydrogen-bond donors (Lipinski definition) is 5. The summed E-state index contributed by atoms with van der Waals surface area (Å²) in [5, 5.41) is 20.9. The lowest BCUT2D eigenvalue weighted by Crippen LogP contribution is -2.62. The second-order valence-corrected chi connectivity index (χ2v) is 13.1. The Bertz CT molecular complexity index is 1260. The Morgan fingerprint density at radius 2 is 1.17 bits per heavy atom. The molecule has 0 aliphatic heterocycles. The summed E-state index contributed by atoms with van der Waals surface area (Å²) in [7, 11) is 0. The Hall–Kier alpha value is -3.93. The fraction of sp³-hybridized carbons (Fsp3) is 0.618. The molecule has 2 heterocycles. The Balaban J connectivity index is 0.000000250. The van der Waals surface area contributed by atoms with E-state index in [1.54, 1.807) is 12.1 Å². The maximum absolute atomic E-state index is 12.8. The van der Waals surface area contributed by atoms with Gasteiger partial charge in [0.25, 0.3) is 11.8 Å². The molecule has 2 aliphatic carbocycles. The summed E-state index contributed by atoms with van der Waals surface area (Å²) in [5.41, 5.74) is -1.07. The number of furan rings is 2. The minimum Gasteiger partial charge on any atom is -0.472 e. The number of rotatable bonds is 12. The fourth-order valence-corrected chi connectivity index (χ4v) is 5.87. The van der Waals surface area contributed by atoms with Crippen molar-refractivity contribution in [3.63, 3.8) is 0 Å². The number of aldehydes is 1. The summed E-state index contributed by atoms with van der Waals surface area (Å²) < 4.78 is 9.86. The second kappa shape index (κ2) is 17.1. The van der Waals surface area contributed by atoms with E-state index in [0.717, 1.165) is 44.8 Å². The van der Waals surface area contributed by atoms with Crippen LogP contribution in [0.4, 0.5) is 0 Å². The van der Waals surface area contributed by atoms with Crippen LogP contribution in [0.5, 0.6) is 0 Å². The lowest BCUT2D eigenvalue weighted by atomic mass is 9.80. The third-order valence-corrected chi connectivity index (χ3v) is 9.04. The van der Waals surface area contributed by atoms with Crippen molar-refractivity contribution in [2.45, 2.75) is 115 Å². The van der Waals surface area contributed by atoms with Gasteiger partial charge in [-0.15, -0.1) is 0 Å². The van der Waals surface area contributed by atoms with Crippen molar-refractivity contribution < 1.29 is 37.9 Å². The molecule has 0 bridgehead atoms. The number of nitrogens with one attached hydrogen (secondary N) is 4. The van der Waals surface area contributed by atoms with E-state index in [4.69, 9.17) is 8.83 Å². The largest absolute Gasteiger partial charge is 0.472 e. The van der Waals surface area contributed by atoms with Gasteiger partial charge in [0.1, 0.15) is 29.9 Å². The van der Waals surface area contributed by atoms with Gasteiger partial charge in [0.05, 0.1) is 42.3 Å². The molecule has 2 atom stereocenters. The number of amides is 4. The van der Waals surface area contributed by atoms with Crippen LogP contribution in [0.2, 0.25) is 0 Å². The van der Waals surface area contributed by atoms with Crippen LogP contribution in [-0.2, 0) is 14.4 Å². The maximum Gasteiger partial charge on any atom is 0.255 e. The molecule has 2 aromatic rings. The normalized spacial score (nSPS) is 18.3. The van der Waals surface area contributed by atoms with Gasteiger partial charge in [-0.25, -0.2) is 0 Å². The van der Waals surface area contributed by atoms with Gasteiger partial charge in [-0.05, 0) is 49.7 Å². The first-order chi connectivity index (χ1) is 22.0. The van der Waals surface area contributed by atoms with Crippen molar-refractivity contribution in [3.05, 3.63) is 48.3 Å². The van der Waals surface area contributed by atoms with Crippen LogP contribution < -0.4 is 21.3 Å². The zero-order valence-electron chi connectivity index (χ0n) is 27.4. The zero-order valence-corrected chi connectivity index (χ0v) is 27.4. The molecule has 0 spiro atoms. The van der Waals surface area contributed by atoms with Crippen molar-refractivity contribution in [2.24, 2.45) is 11.8 Å². The molecular weight excluding hydrogens is 592 g/mol. The number of aliphatic hydroxyl groups excluding tert-OH is 1. The molecule has 0 radical (unpaired) electrons. The average molecular weight is 643 g/mol. The zero-order chi connectivity index (χ0) is 33.7. The first-order valence-corrected chi connectivity index (χ1v) is 16.3. The van der Waals surface area contributed by atoms with Crippen LogP contribution >= 0.6 is 0 Å². The standard InChI is InChI=1S/C17H26N2O4.C17H24N2O4/c2*1-12(2)14(10-20)18-16(22)17(7-4-3-5-8-17)19-15(21)13-6-9-23-11-13/h6,9,11-12,14,20H,3-5,7-8,10H2,1-2H3,(H,18,22)(H,19,21);6,9-12,14H,3-5,7-8H2,1-2H3,(H,18,22)(H,19,21)/t2*14-/m11/s1. The van der Waals surface area contributed by atoms with Crippen LogP contribution in [0.1, 0.15) is 113 Å². The smallest absolute Gasteiger partial charge is 0.255 e. The molecule has 0 aromatic carbocycles. The second-order valence-electron chi connectivity index (χ2n) is 13.1. The van der Waals surface area contributed by atoms with E-state index in [0.29, 0.717) is 36.8 Å². The molecule has 2 aliphatic rings. The number of carbonyl (C=O) groups excluding carboxylic acids is 5. The van der Waals surface area contributed by atoms with E-state index in [1.165, 1.54) is 25.1 Å². The molecule has 4 rings (SSSR count). The lowest BCUT2D eigenvalue weighted by molar-refractivity contribution is -0.131. The van der Waals surface area contributed by atoms with Crippen LogP contribution in [0.25, 0.3) is 0 Å². The molecule has 2 aromatic heterocycles. The Kier molecular flexibility index (Phi) is 13.6. The molecule has 12 heteroatoms. The highest BCUT2D eigenvalue weighted by Crippen LogP contribution is 2.30. The van der Waals surface area contributed by atoms with Gasteiger partial charge >= 0.3 is 0 Å². The monoisotopic (exact) mass is 642 g/mol. The van der Waals surface area contributed by atoms with E-state index in [2.05, 4.69) is 21.3 Å². The van der Waals surface area contributed by atoms with E-state index >= 15 is 0 Å². The van der Waals surface area contributed by atoms with Gasteiger partial charge in [0, 0.05) is 0 Å². The molecule has 2 saturated carbocycles. The highest BCUT2D eigenvalue weighted by atomic mass is 16.3. The average Bonchev–Trinajstić information content (AvgIpc) is 3.79.